The summed E-state index contributed by atoms with van der Waals surface area (Å²) >= 11 is 0. The number of benzene rings is 1. The van der Waals surface area contributed by atoms with Gasteiger partial charge in [-0.25, -0.2) is 12.8 Å². The molecule has 2 aliphatic heterocycles. The third-order valence-electron chi connectivity index (χ3n) is 5.66. The van der Waals surface area contributed by atoms with Gasteiger partial charge in [0.15, 0.2) is 0 Å². The largest absolute Gasteiger partial charge is 0.495 e. The Labute approximate surface area is 142 Å². The van der Waals surface area contributed by atoms with Crippen molar-refractivity contribution in [1.29, 1.82) is 0 Å². The maximum atomic E-state index is 13.7. The van der Waals surface area contributed by atoms with Crippen molar-refractivity contribution >= 4 is 10.0 Å². The smallest absolute Gasteiger partial charge is 0.247 e. The van der Waals surface area contributed by atoms with Gasteiger partial charge in [-0.05, 0) is 63.1 Å². The summed E-state index contributed by atoms with van der Waals surface area (Å²) in [4.78, 5) is -0.0540. The highest BCUT2D eigenvalue weighted by atomic mass is 32.2. The van der Waals surface area contributed by atoms with Crippen LogP contribution in [0, 0.1) is 5.82 Å². The Kier molecular flexibility index (Phi) is 3.92. The standard InChI is InChI=1S/C18H22FNO3S/c1-23-17-8-5-14(19)11-18(17)24(21,22)20-15-6-7-16(20)10-13(9-15)12-3-2-4-12/h5,8,11,15-16H,2-4,6-7,9-10H2,1H3. The molecule has 1 aliphatic carbocycles. The van der Waals surface area contributed by atoms with E-state index < -0.39 is 15.8 Å². The van der Waals surface area contributed by atoms with E-state index >= 15 is 0 Å². The molecule has 6 heteroatoms. The second-order valence-corrected chi connectivity index (χ2v) is 8.80. The monoisotopic (exact) mass is 351 g/mol. The first-order valence-electron chi connectivity index (χ1n) is 8.57. The average Bonchev–Trinajstić information content (AvgIpc) is 2.78. The van der Waals surface area contributed by atoms with Gasteiger partial charge in [0.25, 0.3) is 0 Å². The molecule has 0 N–H and O–H groups in total. The number of rotatable bonds is 3. The fourth-order valence-electron chi connectivity index (χ4n) is 4.33. The molecule has 3 aliphatic rings. The summed E-state index contributed by atoms with van der Waals surface area (Å²) in [6.45, 7) is 0. The van der Waals surface area contributed by atoms with Gasteiger partial charge in [-0.15, -0.1) is 0 Å². The molecule has 4 rings (SSSR count). The molecule has 2 saturated heterocycles. The van der Waals surface area contributed by atoms with E-state index in [1.807, 2.05) is 0 Å². The van der Waals surface area contributed by atoms with E-state index in [-0.39, 0.29) is 22.7 Å². The Bertz CT molecular complexity index is 780. The topological polar surface area (TPSA) is 46.6 Å². The van der Waals surface area contributed by atoms with Crippen LogP contribution in [0.1, 0.15) is 44.9 Å². The van der Waals surface area contributed by atoms with Crippen LogP contribution >= 0.6 is 0 Å². The first-order valence-corrected chi connectivity index (χ1v) is 10.0. The van der Waals surface area contributed by atoms with Crippen molar-refractivity contribution in [3.8, 4) is 5.75 Å². The van der Waals surface area contributed by atoms with Gasteiger partial charge in [-0.1, -0.05) is 11.1 Å². The van der Waals surface area contributed by atoms with Gasteiger partial charge >= 0.3 is 0 Å². The van der Waals surface area contributed by atoms with Gasteiger partial charge < -0.3 is 4.74 Å². The Balaban J connectivity index is 1.70. The van der Waals surface area contributed by atoms with Crippen molar-refractivity contribution in [2.45, 2.75) is 61.9 Å². The van der Waals surface area contributed by atoms with Gasteiger partial charge in [0.05, 0.1) is 7.11 Å². The van der Waals surface area contributed by atoms with E-state index in [0.29, 0.717) is 0 Å². The summed E-state index contributed by atoms with van der Waals surface area (Å²) in [7, 11) is -2.34. The summed E-state index contributed by atoms with van der Waals surface area (Å²) in [6, 6.07) is 3.69. The average molecular weight is 351 g/mol. The molecule has 1 aromatic carbocycles. The zero-order valence-electron chi connectivity index (χ0n) is 13.8. The minimum absolute atomic E-state index is 0.00447. The summed E-state index contributed by atoms with van der Waals surface area (Å²) in [6.07, 6.45) is 7.07. The van der Waals surface area contributed by atoms with E-state index in [0.717, 1.165) is 31.7 Å². The molecule has 130 valence electrons. The lowest BCUT2D eigenvalue weighted by atomic mass is 9.83. The number of nitrogens with zero attached hydrogens (tertiary/aromatic N) is 1. The van der Waals surface area contributed by atoms with Gasteiger partial charge in [-0.2, -0.15) is 4.31 Å². The third kappa shape index (κ3) is 2.47. The zero-order valence-corrected chi connectivity index (χ0v) is 14.6. The van der Waals surface area contributed by atoms with Crippen LogP contribution in [0.25, 0.3) is 0 Å². The fourth-order valence-corrected chi connectivity index (χ4v) is 6.37. The van der Waals surface area contributed by atoms with Crippen molar-refractivity contribution in [2.24, 2.45) is 0 Å². The number of halogens is 1. The molecule has 1 aromatic rings. The lowest BCUT2D eigenvalue weighted by Gasteiger charge is -2.37. The van der Waals surface area contributed by atoms with Crippen LogP contribution < -0.4 is 4.74 Å². The molecule has 2 heterocycles. The molecule has 2 bridgehead atoms. The quantitative estimate of drug-likeness (QED) is 0.781. The fraction of sp³-hybridized carbons (Fsp3) is 0.556. The van der Waals surface area contributed by atoms with E-state index in [1.165, 1.54) is 44.1 Å². The third-order valence-corrected chi connectivity index (χ3v) is 7.68. The second kappa shape index (κ2) is 5.85. The molecular formula is C18H22FNO3S. The van der Waals surface area contributed by atoms with Crippen LogP contribution in [-0.4, -0.2) is 31.9 Å². The van der Waals surface area contributed by atoms with Crippen LogP contribution in [0.15, 0.2) is 34.2 Å². The molecular weight excluding hydrogens is 329 g/mol. The molecule has 1 saturated carbocycles. The molecule has 0 spiro atoms. The first-order chi connectivity index (χ1) is 11.5. The molecule has 3 fully saturated rings. The Morgan fingerprint density at radius 1 is 1.12 bits per heavy atom. The van der Waals surface area contributed by atoms with E-state index in [4.69, 9.17) is 4.74 Å². The van der Waals surface area contributed by atoms with E-state index in [2.05, 4.69) is 0 Å². The second-order valence-electron chi connectivity index (χ2n) is 6.98. The SMILES string of the molecule is COc1ccc(F)cc1S(=O)(=O)N1C2CCC1CC(=C1CCC1)C2. The highest BCUT2D eigenvalue weighted by molar-refractivity contribution is 7.89. The number of fused-ring (bicyclic) bond motifs is 2. The van der Waals surface area contributed by atoms with Gasteiger partial charge in [0, 0.05) is 12.1 Å². The number of sulfonamides is 1. The normalized spacial score (nSPS) is 27.2. The summed E-state index contributed by atoms with van der Waals surface area (Å²) < 4.78 is 46.9. The lowest BCUT2D eigenvalue weighted by molar-refractivity contribution is 0.280. The highest BCUT2D eigenvalue weighted by Gasteiger charge is 2.47. The maximum absolute atomic E-state index is 13.7. The summed E-state index contributed by atoms with van der Waals surface area (Å²) in [5.41, 5.74) is 3.03. The molecule has 0 aromatic heterocycles. The number of ether oxygens (including phenoxy) is 1. The van der Waals surface area contributed by atoms with Crippen LogP contribution in [-0.2, 0) is 10.0 Å². The molecule has 24 heavy (non-hydrogen) atoms. The van der Waals surface area contributed by atoms with Crippen molar-refractivity contribution in [1.82, 2.24) is 4.31 Å². The first kappa shape index (κ1) is 16.1. The highest BCUT2D eigenvalue weighted by Crippen LogP contribution is 2.46. The molecule has 4 nitrogen and oxygen atoms in total. The predicted molar refractivity (Wildman–Crippen MR) is 88.9 cm³/mol. The predicted octanol–water partition coefficient (Wildman–Crippen LogP) is 3.63. The number of hydrogen-bond acceptors (Lipinski definition) is 3. The van der Waals surface area contributed by atoms with Crippen LogP contribution in [0.2, 0.25) is 0 Å². The van der Waals surface area contributed by atoms with Gasteiger partial charge in [0.1, 0.15) is 16.5 Å². The Hall–Kier alpha value is -1.40. The van der Waals surface area contributed by atoms with Crippen LogP contribution in [0.5, 0.6) is 5.75 Å². The van der Waals surface area contributed by atoms with E-state index in [9.17, 15) is 12.8 Å². The van der Waals surface area contributed by atoms with Gasteiger partial charge in [0.2, 0.25) is 10.0 Å². The van der Waals surface area contributed by atoms with Crippen molar-refractivity contribution in [3.63, 3.8) is 0 Å². The lowest BCUT2D eigenvalue weighted by Crippen LogP contribution is -2.45. The van der Waals surface area contributed by atoms with Crippen molar-refractivity contribution in [2.75, 3.05) is 7.11 Å². The minimum Gasteiger partial charge on any atom is -0.495 e. The Morgan fingerprint density at radius 2 is 1.79 bits per heavy atom. The summed E-state index contributed by atoms with van der Waals surface area (Å²) in [5, 5.41) is 0. The van der Waals surface area contributed by atoms with Crippen LogP contribution in [0.4, 0.5) is 4.39 Å². The maximum Gasteiger partial charge on any atom is 0.247 e. The van der Waals surface area contributed by atoms with Crippen molar-refractivity contribution in [3.05, 3.63) is 35.2 Å². The minimum atomic E-state index is -3.76. The molecule has 2 unspecified atom stereocenters. The van der Waals surface area contributed by atoms with Crippen molar-refractivity contribution < 1.29 is 17.5 Å². The number of methoxy groups -OCH3 is 1. The molecule has 0 radical (unpaired) electrons. The molecule has 2 atom stereocenters. The molecule has 0 amide bonds. The Morgan fingerprint density at radius 3 is 2.33 bits per heavy atom. The number of piperidine rings is 1. The summed E-state index contributed by atoms with van der Waals surface area (Å²) in [5.74, 6) is -0.352. The number of allylic oxidation sites excluding steroid dienone is 1. The van der Waals surface area contributed by atoms with Gasteiger partial charge in [-0.3, -0.25) is 0 Å². The number of hydrogen-bond donors (Lipinski definition) is 0. The zero-order chi connectivity index (χ0) is 16.9. The van der Waals surface area contributed by atoms with Crippen LogP contribution in [0.3, 0.4) is 0 Å². The van der Waals surface area contributed by atoms with E-state index in [1.54, 1.807) is 9.88 Å².